The Hall–Kier alpha value is -2.70. The molecule has 1 N–H and O–H groups in total. The number of carbonyl (C=O) groups is 2. The van der Waals surface area contributed by atoms with Crippen LogP contribution in [0.1, 0.15) is 0 Å². The molecule has 21 heavy (non-hydrogen) atoms. The van der Waals surface area contributed by atoms with E-state index < -0.39 is 18.0 Å². The second-order valence-electron chi connectivity index (χ2n) is 4.53. The zero-order valence-corrected chi connectivity index (χ0v) is 11.0. The van der Waals surface area contributed by atoms with Crippen molar-refractivity contribution in [2.75, 3.05) is 24.7 Å². The van der Waals surface area contributed by atoms with Crippen LogP contribution in [0.3, 0.4) is 0 Å². The fourth-order valence-electron chi connectivity index (χ4n) is 2.17. The van der Waals surface area contributed by atoms with Crippen LogP contribution in [0, 0.1) is 0 Å². The van der Waals surface area contributed by atoms with Crippen molar-refractivity contribution in [3.8, 4) is 5.75 Å². The van der Waals surface area contributed by atoms with Gasteiger partial charge in [-0.15, -0.1) is 0 Å². The highest BCUT2D eigenvalue weighted by atomic mass is 16.6. The standard InChI is InChI=1S/C14H13NO6/c16-13(12-8-19-5-6-20-12)15-7-11(14(17)18)21-10-4-2-1-3-9(10)15/h1-4,8,11H,5-7H2,(H,17,18). The van der Waals surface area contributed by atoms with Gasteiger partial charge in [-0.1, -0.05) is 12.1 Å². The number of ether oxygens (including phenoxy) is 3. The van der Waals surface area contributed by atoms with E-state index in [1.807, 2.05) is 0 Å². The molecule has 110 valence electrons. The van der Waals surface area contributed by atoms with E-state index >= 15 is 0 Å². The first-order valence-electron chi connectivity index (χ1n) is 6.42. The van der Waals surface area contributed by atoms with Gasteiger partial charge in [-0.2, -0.15) is 0 Å². The third-order valence-electron chi connectivity index (χ3n) is 3.15. The van der Waals surface area contributed by atoms with E-state index in [9.17, 15) is 9.59 Å². The van der Waals surface area contributed by atoms with E-state index in [2.05, 4.69) is 0 Å². The van der Waals surface area contributed by atoms with Gasteiger partial charge in [0.2, 0.25) is 11.9 Å². The zero-order valence-electron chi connectivity index (χ0n) is 11.0. The molecule has 1 aromatic rings. The first-order chi connectivity index (χ1) is 10.2. The van der Waals surface area contributed by atoms with E-state index in [1.54, 1.807) is 24.3 Å². The van der Waals surface area contributed by atoms with Crippen LogP contribution in [0.25, 0.3) is 0 Å². The van der Waals surface area contributed by atoms with Crippen molar-refractivity contribution in [1.82, 2.24) is 0 Å². The van der Waals surface area contributed by atoms with E-state index in [0.717, 1.165) is 0 Å². The van der Waals surface area contributed by atoms with Gasteiger partial charge in [-0.3, -0.25) is 9.69 Å². The number of benzene rings is 1. The molecule has 2 aliphatic rings. The Morgan fingerprint density at radius 3 is 2.76 bits per heavy atom. The first kappa shape index (κ1) is 13.3. The molecular formula is C14H13NO6. The molecular weight excluding hydrogens is 278 g/mol. The molecule has 2 aliphatic heterocycles. The van der Waals surface area contributed by atoms with Crippen LogP contribution in [0.15, 0.2) is 36.3 Å². The normalized spacial score (nSPS) is 20.3. The third-order valence-corrected chi connectivity index (χ3v) is 3.15. The average Bonchev–Trinajstić information content (AvgIpc) is 2.54. The fourth-order valence-corrected chi connectivity index (χ4v) is 2.17. The van der Waals surface area contributed by atoms with Crippen LogP contribution < -0.4 is 9.64 Å². The summed E-state index contributed by atoms with van der Waals surface area (Å²) in [5, 5.41) is 9.14. The van der Waals surface area contributed by atoms with E-state index in [0.29, 0.717) is 18.0 Å². The van der Waals surface area contributed by atoms with Crippen molar-refractivity contribution in [2.24, 2.45) is 0 Å². The number of anilines is 1. The lowest BCUT2D eigenvalue weighted by Crippen LogP contribution is -2.48. The van der Waals surface area contributed by atoms with Gasteiger partial charge < -0.3 is 19.3 Å². The van der Waals surface area contributed by atoms with Crippen LogP contribution in [0.2, 0.25) is 0 Å². The average molecular weight is 291 g/mol. The SMILES string of the molecule is O=C(O)C1CN(C(=O)C2=COCCO2)c2ccccc2O1. The molecule has 0 spiro atoms. The number of carboxylic acid groups (broad SMARTS) is 1. The zero-order chi connectivity index (χ0) is 14.8. The minimum absolute atomic E-state index is 0.0575. The van der Waals surface area contributed by atoms with Gasteiger partial charge >= 0.3 is 5.97 Å². The summed E-state index contributed by atoms with van der Waals surface area (Å²) in [5.41, 5.74) is 0.509. The van der Waals surface area contributed by atoms with E-state index in [4.69, 9.17) is 19.3 Å². The quantitative estimate of drug-likeness (QED) is 0.865. The predicted octanol–water partition coefficient (Wildman–Crippen LogP) is 0.753. The molecule has 0 bridgehead atoms. The summed E-state index contributed by atoms with van der Waals surface area (Å²) < 4.78 is 15.7. The van der Waals surface area contributed by atoms with Crippen LogP contribution in [-0.2, 0) is 19.1 Å². The number of rotatable bonds is 2. The van der Waals surface area contributed by atoms with Crippen LogP contribution in [0.5, 0.6) is 5.75 Å². The summed E-state index contributed by atoms with van der Waals surface area (Å²) in [5.74, 6) is -1.17. The highest BCUT2D eigenvalue weighted by Crippen LogP contribution is 2.34. The molecule has 0 saturated carbocycles. The maximum Gasteiger partial charge on any atom is 0.346 e. The summed E-state index contributed by atoms with van der Waals surface area (Å²) in [7, 11) is 0. The number of carboxylic acids is 1. The molecule has 7 nitrogen and oxygen atoms in total. The van der Waals surface area contributed by atoms with Crippen molar-refractivity contribution >= 4 is 17.6 Å². The van der Waals surface area contributed by atoms with Crippen molar-refractivity contribution in [2.45, 2.75) is 6.10 Å². The van der Waals surface area contributed by atoms with Gasteiger partial charge in [-0.05, 0) is 12.1 Å². The highest BCUT2D eigenvalue weighted by molar-refractivity contribution is 6.05. The number of amides is 1. The highest BCUT2D eigenvalue weighted by Gasteiger charge is 2.35. The number of para-hydroxylation sites is 2. The number of fused-ring (bicyclic) bond motifs is 1. The van der Waals surface area contributed by atoms with Crippen LogP contribution in [-0.4, -0.2) is 42.8 Å². The second kappa shape index (κ2) is 5.35. The lowest BCUT2D eigenvalue weighted by atomic mass is 10.1. The van der Waals surface area contributed by atoms with Crippen molar-refractivity contribution in [3.63, 3.8) is 0 Å². The molecule has 1 aromatic carbocycles. The Bertz CT molecular complexity index is 611. The van der Waals surface area contributed by atoms with Gasteiger partial charge in [-0.25, -0.2) is 4.79 Å². The number of nitrogens with zero attached hydrogens (tertiary/aromatic N) is 1. The molecule has 1 amide bonds. The van der Waals surface area contributed by atoms with Crippen molar-refractivity contribution < 1.29 is 28.9 Å². The fraction of sp³-hybridized carbons (Fsp3) is 0.286. The lowest BCUT2D eigenvalue weighted by molar-refractivity contribution is -0.145. The molecule has 2 heterocycles. The smallest absolute Gasteiger partial charge is 0.346 e. The predicted molar refractivity (Wildman–Crippen MR) is 70.8 cm³/mol. The summed E-state index contributed by atoms with van der Waals surface area (Å²) in [6.07, 6.45) is 0.133. The van der Waals surface area contributed by atoms with Crippen molar-refractivity contribution in [1.29, 1.82) is 0 Å². The minimum Gasteiger partial charge on any atom is -0.494 e. The van der Waals surface area contributed by atoms with Gasteiger partial charge in [0.15, 0.2) is 0 Å². The Morgan fingerprint density at radius 2 is 2.05 bits per heavy atom. The monoisotopic (exact) mass is 291 g/mol. The van der Waals surface area contributed by atoms with E-state index in [-0.39, 0.29) is 18.9 Å². The third kappa shape index (κ3) is 2.49. The van der Waals surface area contributed by atoms with Gasteiger partial charge in [0, 0.05) is 0 Å². The maximum atomic E-state index is 12.5. The number of hydrogen-bond acceptors (Lipinski definition) is 5. The van der Waals surface area contributed by atoms with Crippen LogP contribution >= 0.6 is 0 Å². The van der Waals surface area contributed by atoms with Gasteiger partial charge in [0.1, 0.15) is 25.2 Å². The lowest BCUT2D eigenvalue weighted by Gasteiger charge is -2.33. The molecule has 0 fully saturated rings. The molecule has 0 radical (unpaired) electrons. The number of hydrogen-bond donors (Lipinski definition) is 1. The Balaban J connectivity index is 1.94. The number of aliphatic carboxylic acids is 1. The molecule has 1 atom stereocenters. The summed E-state index contributed by atoms with van der Waals surface area (Å²) in [4.78, 5) is 25.0. The molecule has 1 unspecified atom stereocenters. The summed E-state index contributed by atoms with van der Waals surface area (Å²) >= 11 is 0. The van der Waals surface area contributed by atoms with Crippen molar-refractivity contribution in [3.05, 3.63) is 36.3 Å². The molecule has 7 heteroatoms. The Labute approximate surface area is 120 Å². The maximum absolute atomic E-state index is 12.5. The largest absolute Gasteiger partial charge is 0.494 e. The topological polar surface area (TPSA) is 85.3 Å². The molecule has 0 saturated heterocycles. The Morgan fingerprint density at radius 1 is 1.24 bits per heavy atom. The first-order valence-corrected chi connectivity index (χ1v) is 6.42. The molecule has 3 rings (SSSR count). The molecule has 0 aromatic heterocycles. The van der Waals surface area contributed by atoms with Gasteiger partial charge in [0.05, 0.1) is 12.2 Å². The summed E-state index contributed by atoms with van der Waals surface area (Å²) in [6, 6.07) is 6.77. The second-order valence-corrected chi connectivity index (χ2v) is 4.53. The Kier molecular flexibility index (Phi) is 3.39. The van der Waals surface area contributed by atoms with Gasteiger partial charge in [0.25, 0.3) is 5.91 Å². The summed E-state index contributed by atoms with van der Waals surface area (Å²) in [6.45, 7) is 0.575. The number of carbonyl (C=O) groups excluding carboxylic acids is 1. The minimum atomic E-state index is -1.13. The van der Waals surface area contributed by atoms with E-state index in [1.165, 1.54) is 11.2 Å². The van der Waals surface area contributed by atoms with Crippen LogP contribution in [0.4, 0.5) is 5.69 Å². The molecule has 0 aliphatic carbocycles.